The third-order valence-corrected chi connectivity index (χ3v) is 3.64. The first kappa shape index (κ1) is 18.5. The lowest BCUT2D eigenvalue weighted by atomic mass is 10.0. The molecule has 132 valence electrons. The van der Waals surface area contributed by atoms with E-state index in [1.165, 1.54) is 0 Å². The van der Waals surface area contributed by atoms with Crippen LogP contribution < -0.4 is 0 Å². The topological polar surface area (TPSA) is 83.9 Å². The van der Waals surface area contributed by atoms with Crippen molar-refractivity contribution < 1.29 is 24.2 Å². The first-order valence-corrected chi connectivity index (χ1v) is 8.02. The van der Waals surface area contributed by atoms with Crippen LogP contribution >= 0.6 is 0 Å². The number of imide groups is 1. The maximum Gasteiger partial charge on any atom is 0.417 e. The molecule has 1 aromatic carbocycles. The summed E-state index contributed by atoms with van der Waals surface area (Å²) in [5, 5.41) is 9.33. The normalized spacial score (nSPS) is 20.0. The smallest absolute Gasteiger partial charge is 0.417 e. The van der Waals surface area contributed by atoms with E-state index in [2.05, 4.69) is 11.8 Å². The van der Waals surface area contributed by atoms with Crippen molar-refractivity contribution in [1.29, 1.82) is 0 Å². The van der Waals surface area contributed by atoms with E-state index >= 15 is 0 Å². The fourth-order valence-electron chi connectivity index (χ4n) is 2.53. The molecule has 0 radical (unpaired) electrons. The highest BCUT2D eigenvalue weighted by molar-refractivity contribution is 6.00. The lowest BCUT2D eigenvalue weighted by Crippen LogP contribution is -2.45. The van der Waals surface area contributed by atoms with Gasteiger partial charge in [0.25, 0.3) is 0 Å². The van der Waals surface area contributed by atoms with Gasteiger partial charge in [-0.25, -0.2) is 14.5 Å². The van der Waals surface area contributed by atoms with Crippen molar-refractivity contribution in [2.24, 2.45) is 5.92 Å². The summed E-state index contributed by atoms with van der Waals surface area (Å²) in [5.74, 6) is 3.42. The second-order valence-corrected chi connectivity index (χ2v) is 6.85. The summed E-state index contributed by atoms with van der Waals surface area (Å²) >= 11 is 0. The van der Waals surface area contributed by atoms with E-state index in [0.717, 1.165) is 5.56 Å². The highest BCUT2D eigenvalue weighted by Crippen LogP contribution is 2.29. The van der Waals surface area contributed by atoms with Crippen molar-refractivity contribution in [3.8, 4) is 11.8 Å². The fourth-order valence-corrected chi connectivity index (χ4v) is 2.53. The number of likely N-dealkylation sites (tertiary alicyclic amines) is 1. The number of hydrogen-bond acceptors (Lipinski definition) is 4. The zero-order chi connectivity index (χ0) is 18.6. The maximum absolute atomic E-state index is 12.5. The molecule has 25 heavy (non-hydrogen) atoms. The van der Waals surface area contributed by atoms with Crippen LogP contribution in [-0.2, 0) is 14.3 Å². The molecule has 1 fully saturated rings. The molecule has 0 saturated carbocycles. The monoisotopic (exact) mass is 343 g/mol. The predicted molar refractivity (Wildman–Crippen MR) is 90.5 cm³/mol. The van der Waals surface area contributed by atoms with Gasteiger partial charge in [0.15, 0.2) is 0 Å². The molecule has 2 atom stereocenters. The van der Waals surface area contributed by atoms with E-state index in [-0.39, 0.29) is 12.8 Å². The van der Waals surface area contributed by atoms with Gasteiger partial charge >= 0.3 is 12.1 Å². The van der Waals surface area contributed by atoms with Gasteiger partial charge in [0.1, 0.15) is 11.6 Å². The van der Waals surface area contributed by atoms with E-state index in [9.17, 15) is 19.5 Å². The number of aliphatic carboxylic acids is 1. The number of ether oxygens (including phenoxy) is 1. The summed E-state index contributed by atoms with van der Waals surface area (Å²) in [4.78, 5) is 36.8. The van der Waals surface area contributed by atoms with Gasteiger partial charge in [-0.05, 0) is 39.3 Å². The lowest BCUT2D eigenvalue weighted by Gasteiger charge is -2.25. The minimum absolute atomic E-state index is 0.0386. The number of carboxylic acid groups (broad SMARTS) is 1. The van der Waals surface area contributed by atoms with Crippen LogP contribution in [0.15, 0.2) is 30.3 Å². The van der Waals surface area contributed by atoms with Crippen LogP contribution in [0.5, 0.6) is 0 Å². The zero-order valence-corrected chi connectivity index (χ0v) is 14.5. The Labute approximate surface area is 146 Å². The number of hydrogen-bond donors (Lipinski definition) is 1. The van der Waals surface area contributed by atoms with E-state index < -0.39 is 35.5 Å². The Morgan fingerprint density at radius 2 is 1.92 bits per heavy atom. The molecule has 0 aliphatic carbocycles. The minimum Gasteiger partial charge on any atom is -0.480 e. The molecular weight excluding hydrogens is 322 g/mol. The van der Waals surface area contributed by atoms with Crippen LogP contribution in [0.4, 0.5) is 4.79 Å². The first-order chi connectivity index (χ1) is 11.7. The molecule has 1 saturated heterocycles. The largest absolute Gasteiger partial charge is 0.480 e. The maximum atomic E-state index is 12.5. The zero-order valence-electron chi connectivity index (χ0n) is 14.5. The second kappa shape index (κ2) is 7.39. The molecule has 2 unspecified atom stereocenters. The molecule has 1 aliphatic rings. The van der Waals surface area contributed by atoms with Gasteiger partial charge in [-0.1, -0.05) is 30.0 Å². The Kier molecular flexibility index (Phi) is 5.48. The van der Waals surface area contributed by atoms with Crippen LogP contribution in [0.1, 0.15) is 39.2 Å². The molecule has 6 nitrogen and oxygen atoms in total. The number of carboxylic acids is 1. The van der Waals surface area contributed by atoms with Crippen molar-refractivity contribution in [2.75, 3.05) is 0 Å². The van der Waals surface area contributed by atoms with E-state index in [4.69, 9.17) is 4.74 Å². The molecule has 6 heteroatoms. The summed E-state index contributed by atoms with van der Waals surface area (Å²) in [6.45, 7) is 4.97. The number of amides is 2. The molecular formula is C19H21NO5. The Hall–Kier alpha value is -2.81. The highest BCUT2D eigenvalue weighted by atomic mass is 16.6. The van der Waals surface area contributed by atoms with Crippen LogP contribution in [0, 0.1) is 17.8 Å². The van der Waals surface area contributed by atoms with Gasteiger partial charge in [0.2, 0.25) is 5.91 Å². The molecule has 2 amide bonds. The Bertz CT molecular complexity index is 724. The predicted octanol–water partition coefficient (Wildman–Crippen LogP) is 2.67. The number of carbonyl (C=O) groups excluding carboxylic acids is 2. The summed E-state index contributed by atoms with van der Waals surface area (Å²) in [5.41, 5.74) is -0.00208. The van der Waals surface area contributed by atoms with Gasteiger partial charge < -0.3 is 9.84 Å². The fraction of sp³-hybridized carbons (Fsp3) is 0.421. The van der Waals surface area contributed by atoms with E-state index in [1.54, 1.807) is 20.8 Å². The van der Waals surface area contributed by atoms with Gasteiger partial charge in [-0.3, -0.25) is 4.79 Å². The van der Waals surface area contributed by atoms with Crippen molar-refractivity contribution in [2.45, 2.75) is 45.3 Å². The molecule has 1 heterocycles. The molecule has 1 N–H and O–H groups in total. The Morgan fingerprint density at radius 1 is 1.28 bits per heavy atom. The average molecular weight is 343 g/mol. The average Bonchev–Trinajstić information content (AvgIpc) is 2.84. The SMILES string of the molecule is CC(C)(C)OC(=O)N1C(=O)C(CC#Cc2ccccc2)CC1C(=O)O. The number of benzene rings is 1. The number of rotatable bonds is 2. The van der Waals surface area contributed by atoms with Crippen molar-refractivity contribution in [1.82, 2.24) is 4.90 Å². The first-order valence-electron chi connectivity index (χ1n) is 8.02. The van der Waals surface area contributed by atoms with Crippen molar-refractivity contribution in [3.63, 3.8) is 0 Å². The van der Waals surface area contributed by atoms with Gasteiger partial charge in [0.05, 0.1) is 5.92 Å². The summed E-state index contributed by atoms with van der Waals surface area (Å²) in [6, 6.07) is 8.06. The second-order valence-electron chi connectivity index (χ2n) is 6.85. The van der Waals surface area contributed by atoms with Crippen LogP contribution in [0.2, 0.25) is 0 Å². The summed E-state index contributed by atoms with van der Waals surface area (Å²) < 4.78 is 5.16. The van der Waals surface area contributed by atoms with Crippen molar-refractivity contribution >= 4 is 18.0 Å². The Balaban J connectivity index is 2.12. The minimum atomic E-state index is -1.22. The van der Waals surface area contributed by atoms with Crippen molar-refractivity contribution in [3.05, 3.63) is 35.9 Å². The van der Waals surface area contributed by atoms with Crippen LogP contribution in [0.3, 0.4) is 0 Å². The van der Waals surface area contributed by atoms with Crippen LogP contribution in [0.25, 0.3) is 0 Å². The third-order valence-electron chi connectivity index (χ3n) is 3.64. The van der Waals surface area contributed by atoms with Gasteiger partial charge in [-0.15, -0.1) is 0 Å². The Morgan fingerprint density at radius 3 is 2.48 bits per heavy atom. The van der Waals surface area contributed by atoms with Crippen LogP contribution in [-0.4, -0.2) is 39.6 Å². The standard InChI is InChI=1S/C19H21NO5/c1-19(2,3)25-18(24)20-15(17(22)23)12-14(16(20)21)11-7-10-13-8-5-4-6-9-13/h4-6,8-9,14-15H,11-12H2,1-3H3,(H,22,23). The van der Waals surface area contributed by atoms with E-state index in [0.29, 0.717) is 4.90 Å². The third kappa shape index (κ3) is 4.83. The molecule has 0 spiro atoms. The quantitative estimate of drug-likeness (QED) is 0.835. The molecule has 2 rings (SSSR count). The molecule has 0 bridgehead atoms. The molecule has 0 aromatic heterocycles. The van der Waals surface area contributed by atoms with E-state index in [1.807, 2.05) is 30.3 Å². The van der Waals surface area contributed by atoms with Gasteiger partial charge in [0, 0.05) is 12.0 Å². The highest BCUT2D eigenvalue weighted by Gasteiger charge is 2.47. The molecule has 1 aromatic rings. The summed E-state index contributed by atoms with van der Waals surface area (Å²) in [6.07, 6.45) is -0.698. The summed E-state index contributed by atoms with van der Waals surface area (Å²) in [7, 11) is 0. The lowest BCUT2D eigenvalue weighted by molar-refractivity contribution is -0.145. The number of carbonyl (C=O) groups is 3. The molecule has 1 aliphatic heterocycles. The van der Waals surface area contributed by atoms with Gasteiger partial charge in [-0.2, -0.15) is 0 Å². The number of nitrogens with zero attached hydrogens (tertiary/aromatic N) is 1.